The molecule has 1 atom stereocenters. The van der Waals surface area contributed by atoms with E-state index in [2.05, 4.69) is 13.5 Å². The quantitative estimate of drug-likeness (QED) is 0.388. The number of carbonyl (C=O) groups excluding carboxylic acids is 1. The summed E-state index contributed by atoms with van der Waals surface area (Å²) in [6, 6.07) is 0. The number of aliphatic hydroxyl groups is 1. The summed E-state index contributed by atoms with van der Waals surface area (Å²) in [5, 5.41) is 9.73. The van der Waals surface area contributed by atoms with Gasteiger partial charge in [-0.1, -0.05) is 32.4 Å². The van der Waals surface area contributed by atoms with Gasteiger partial charge in [-0.25, -0.2) is 4.79 Å². The molecule has 0 radical (unpaired) electrons. The Morgan fingerprint density at radius 1 is 1.57 bits per heavy atom. The van der Waals surface area contributed by atoms with Gasteiger partial charge in [-0.2, -0.15) is 0 Å². The van der Waals surface area contributed by atoms with Gasteiger partial charge in [0.15, 0.2) is 5.60 Å². The second-order valence-electron chi connectivity index (χ2n) is 3.62. The Balaban J connectivity index is 3.89. The molecule has 0 aromatic rings. The van der Waals surface area contributed by atoms with E-state index in [0.29, 0.717) is 6.42 Å². The number of hydrogen-bond acceptors (Lipinski definition) is 3. The number of rotatable bonds is 7. The summed E-state index contributed by atoms with van der Waals surface area (Å²) in [6.45, 7) is 7.16. The zero-order chi connectivity index (χ0) is 11.0. The third-order valence-corrected chi connectivity index (χ3v) is 2.04. The number of unbranched alkanes of at least 4 members (excludes halogenated alkanes) is 2. The summed E-state index contributed by atoms with van der Waals surface area (Å²) < 4.78 is 4.78. The first kappa shape index (κ1) is 13.2. The van der Waals surface area contributed by atoms with Gasteiger partial charge in [0.25, 0.3) is 0 Å². The van der Waals surface area contributed by atoms with Gasteiger partial charge in [0.2, 0.25) is 0 Å². The molecule has 0 rings (SSSR count). The topological polar surface area (TPSA) is 46.5 Å². The molecule has 0 aliphatic rings. The van der Waals surface area contributed by atoms with E-state index >= 15 is 0 Å². The molecule has 0 aromatic carbocycles. The van der Waals surface area contributed by atoms with Crippen LogP contribution in [0.2, 0.25) is 0 Å². The van der Waals surface area contributed by atoms with E-state index in [0.717, 1.165) is 19.3 Å². The minimum absolute atomic E-state index is 0.156. The Labute approximate surface area is 85.8 Å². The standard InChI is InChI=1S/C11H20O3/c1-4-6-7-8-11(3,13)10(12)14-9-5-2/h5,13H,2,4,6-9H2,1,3H3. The van der Waals surface area contributed by atoms with Crippen molar-refractivity contribution >= 4 is 5.97 Å². The van der Waals surface area contributed by atoms with E-state index < -0.39 is 11.6 Å². The van der Waals surface area contributed by atoms with Gasteiger partial charge in [-0.15, -0.1) is 0 Å². The molecular formula is C11H20O3. The summed E-state index contributed by atoms with van der Waals surface area (Å²) in [5.41, 5.74) is -1.35. The fraction of sp³-hybridized carbons (Fsp3) is 0.727. The monoisotopic (exact) mass is 200 g/mol. The molecule has 0 spiro atoms. The van der Waals surface area contributed by atoms with E-state index in [-0.39, 0.29) is 6.61 Å². The minimum Gasteiger partial charge on any atom is -0.459 e. The SMILES string of the molecule is C=CCOC(=O)C(C)(O)CCCCC. The molecule has 0 fully saturated rings. The maximum absolute atomic E-state index is 11.3. The summed E-state index contributed by atoms with van der Waals surface area (Å²) in [5.74, 6) is -0.562. The molecule has 3 nitrogen and oxygen atoms in total. The molecule has 0 aliphatic heterocycles. The van der Waals surface area contributed by atoms with E-state index in [1.807, 2.05) is 0 Å². The van der Waals surface area contributed by atoms with Gasteiger partial charge in [0.1, 0.15) is 6.61 Å². The highest BCUT2D eigenvalue weighted by Gasteiger charge is 2.30. The molecule has 1 N–H and O–H groups in total. The summed E-state index contributed by atoms with van der Waals surface area (Å²) in [7, 11) is 0. The molecule has 14 heavy (non-hydrogen) atoms. The zero-order valence-electron chi connectivity index (χ0n) is 9.08. The van der Waals surface area contributed by atoms with Crippen LogP contribution in [-0.4, -0.2) is 23.3 Å². The first-order chi connectivity index (χ1) is 6.54. The van der Waals surface area contributed by atoms with Crippen LogP contribution in [0.1, 0.15) is 39.5 Å². The Morgan fingerprint density at radius 2 is 2.21 bits per heavy atom. The lowest BCUT2D eigenvalue weighted by atomic mass is 9.99. The van der Waals surface area contributed by atoms with Crippen LogP contribution in [0.15, 0.2) is 12.7 Å². The van der Waals surface area contributed by atoms with Crippen molar-refractivity contribution in [2.45, 2.75) is 45.1 Å². The molecule has 0 aromatic heterocycles. The lowest BCUT2D eigenvalue weighted by Gasteiger charge is -2.20. The molecule has 0 saturated heterocycles. The maximum Gasteiger partial charge on any atom is 0.338 e. The van der Waals surface area contributed by atoms with E-state index in [1.165, 1.54) is 13.0 Å². The van der Waals surface area contributed by atoms with E-state index in [4.69, 9.17) is 4.74 Å². The van der Waals surface area contributed by atoms with Crippen molar-refractivity contribution in [3.05, 3.63) is 12.7 Å². The van der Waals surface area contributed by atoms with Gasteiger partial charge in [-0.05, 0) is 19.8 Å². The Bertz CT molecular complexity index is 185. The maximum atomic E-state index is 11.3. The molecular weight excluding hydrogens is 180 g/mol. The molecule has 0 heterocycles. The van der Waals surface area contributed by atoms with Crippen molar-refractivity contribution in [3.63, 3.8) is 0 Å². The first-order valence-electron chi connectivity index (χ1n) is 5.05. The van der Waals surface area contributed by atoms with E-state index in [1.54, 1.807) is 0 Å². The van der Waals surface area contributed by atoms with Crippen molar-refractivity contribution in [2.75, 3.05) is 6.61 Å². The fourth-order valence-corrected chi connectivity index (χ4v) is 1.11. The van der Waals surface area contributed by atoms with Crippen molar-refractivity contribution < 1.29 is 14.6 Å². The third-order valence-electron chi connectivity index (χ3n) is 2.04. The number of esters is 1. The van der Waals surface area contributed by atoms with Crippen molar-refractivity contribution in [1.82, 2.24) is 0 Å². The average Bonchev–Trinajstić information content (AvgIpc) is 2.14. The summed E-state index contributed by atoms with van der Waals surface area (Å²) >= 11 is 0. The molecule has 1 unspecified atom stereocenters. The highest BCUT2D eigenvalue weighted by molar-refractivity contribution is 5.78. The molecule has 0 aliphatic carbocycles. The van der Waals surface area contributed by atoms with Gasteiger partial charge < -0.3 is 9.84 Å². The van der Waals surface area contributed by atoms with Crippen molar-refractivity contribution in [1.29, 1.82) is 0 Å². The smallest absolute Gasteiger partial charge is 0.338 e. The predicted molar refractivity (Wildman–Crippen MR) is 55.9 cm³/mol. The Kier molecular flexibility index (Phi) is 6.21. The molecule has 0 bridgehead atoms. The average molecular weight is 200 g/mol. The van der Waals surface area contributed by atoms with Crippen LogP contribution in [0.25, 0.3) is 0 Å². The van der Waals surface area contributed by atoms with Crippen LogP contribution in [-0.2, 0) is 9.53 Å². The third kappa shape index (κ3) is 5.02. The van der Waals surface area contributed by atoms with Crippen LogP contribution < -0.4 is 0 Å². The lowest BCUT2D eigenvalue weighted by molar-refractivity contribution is -0.163. The van der Waals surface area contributed by atoms with Crippen molar-refractivity contribution in [3.8, 4) is 0 Å². The Hall–Kier alpha value is -0.830. The van der Waals surface area contributed by atoms with Crippen LogP contribution in [0.5, 0.6) is 0 Å². The highest BCUT2D eigenvalue weighted by Crippen LogP contribution is 2.16. The van der Waals surface area contributed by atoms with Crippen LogP contribution in [0.4, 0.5) is 0 Å². The van der Waals surface area contributed by atoms with Crippen LogP contribution in [0.3, 0.4) is 0 Å². The summed E-state index contributed by atoms with van der Waals surface area (Å²) in [6.07, 6.45) is 4.87. The Morgan fingerprint density at radius 3 is 2.71 bits per heavy atom. The second-order valence-corrected chi connectivity index (χ2v) is 3.62. The van der Waals surface area contributed by atoms with Crippen LogP contribution in [0, 0.1) is 0 Å². The van der Waals surface area contributed by atoms with Gasteiger partial charge in [0.05, 0.1) is 0 Å². The molecule has 82 valence electrons. The van der Waals surface area contributed by atoms with Crippen LogP contribution >= 0.6 is 0 Å². The second kappa shape index (κ2) is 6.60. The molecule has 0 saturated carbocycles. The molecule has 0 amide bonds. The normalized spacial score (nSPS) is 14.5. The molecule has 3 heteroatoms. The highest BCUT2D eigenvalue weighted by atomic mass is 16.5. The minimum atomic E-state index is -1.35. The van der Waals surface area contributed by atoms with E-state index in [9.17, 15) is 9.90 Å². The predicted octanol–water partition coefficient (Wildman–Crippen LogP) is 2.05. The lowest BCUT2D eigenvalue weighted by Crippen LogP contribution is -2.36. The number of ether oxygens (including phenoxy) is 1. The summed E-state index contributed by atoms with van der Waals surface area (Å²) in [4.78, 5) is 11.3. The number of carbonyl (C=O) groups is 1. The fourth-order valence-electron chi connectivity index (χ4n) is 1.11. The zero-order valence-corrected chi connectivity index (χ0v) is 9.08. The van der Waals surface area contributed by atoms with Gasteiger partial charge >= 0.3 is 5.97 Å². The van der Waals surface area contributed by atoms with Gasteiger partial charge in [-0.3, -0.25) is 0 Å². The van der Waals surface area contributed by atoms with Gasteiger partial charge in [0, 0.05) is 0 Å². The largest absolute Gasteiger partial charge is 0.459 e. The first-order valence-corrected chi connectivity index (χ1v) is 5.05. The number of hydrogen-bond donors (Lipinski definition) is 1. The van der Waals surface area contributed by atoms with Crippen molar-refractivity contribution in [2.24, 2.45) is 0 Å².